The van der Waals surface area contributed by atoms with Crippen molar-refractivity contribution in [3.63, 3.8) is 0 Å². The molecule has 4 heteroatoms. The topological polar surface area (TPSA) is 48.2 Å². The SMILES string of the molecule is COc1ccc(-c2nc(CC(C)C)no2)cc1. The highest BCUT2D eigenvalue weighted by Gasteiger charge is 2.09. The van der Waals surface area contributed by atoms with Gasteiger partial charge in [0.05, 0.1) is 7.11 Å². The Morgan fingerprint density at radius 1 is 1.24 bits per heavy atom. The quantitative estimate of drug-likeness (QED) is 0.813. The Labute approximate surface area is 101 Å². The minimum absolute atomic E-state index is 0.524. The minimum atomic E-state index is 0.524. The molecule has 0 aliphatic rings. The Hall–Kier alpha value is -1.84. The molecule has 2 aromatic rings. The summed E-state index contributed by atoms with van der Waals surface area (Å²) in [5.41, 5.74) is 0.910. The van der Waals surface area contributed by atoms with Gasteiger partial charge in [0, 0.05) is 12.0 Å². The molecule has 0 radical (unpaired) electrons. The second kappa shape index (κ2) is 4.99. The fourth-order valence-corrected chi connectivity index (χ4v) is 1.55. The van der Waals surface area contributed by atoms with Gasteiger partial charge in [0.15, 0.2) is 5.82 Å². The molecule has 0 aliphatic carbocycles. The largest absolute Gasteiger partial charge is 0.497 e. The predicted octanol–water partition coefficient (Wildman–Crippen LogP) is 2.94. The van der Waals surface area contributed by atoms with Gasteiger partial charge >= 0.3 is 0 Å². The van der Waals surface area contributed by atoms with E-state index in [1.165, 1.54) is 0 Å². The summed E-state index contributed by atoms with van der Waals surface area (Å²) in [6, 6.07) is 7.57. The van der Waals surface area contributed by atoms with Crippen LogP contribution in [0.15, 0.2) is 28.8 Å². The van der Waals surface area contributed by atoms with E-state index in [0.29, 0.717) is 11.8 Å². The second-order valence-electron chi connectivity index (χ2n) is 4.34. The molecule has 0 atom stereocenters. The molecule has 90 valence electrons. The minimum Gasteiger partial charge on any atom is -0.497 e. The third-order valence-electron chi connectivity index (χ3n) is 2.40. The van der Waals surface area contributed by atoms with Crippen LogP contribution in [-0.4, -0.2) is 17.3 Å². The van der Waals surface area contributed by atoms with Crippen LogP contribution in [0.1, 0.15) is 19.7 Å². The maximum absolute atomic E-state index is 5.22. The molecule has 0 bridgehead atoms. The van der Waals surface area contributed by atoms with Crippen LogP contribution >= 0.6 is 0 Å². The number of hydrogen-bond acceptors (Lipinski definition) is 4. The van der Waals surface area contributed by atoms with E-state index in [2.05, 4.69) is 24.0 Å². The van der Waals surface area contributed by atoms with Crippen LogP contribution in [0, 0.1) is 5.92 Å². The maximum Gasteiger partial charge on any atom is 0.257 e. The van der Waals surface area contributed by atoms with E-state index in [-0.39, 0.29) is 0 Å². The number of benzene rings is 1. The average Bonchev–Trinajstić information content (AvgIpc) is 2.77. The first-order valence-electron chi connectivity index (χ1n) is 5.66. The smallest absolute Gasteiger partial charge is 0.257 e. The zero-order valence-electron chi connectivity index (χ0n) is 10.3. The van der Waals surface area contributed by atoms with Gasteiger partial charge in [-0.2, -0.15) is 4.98 Å². The van der Waals surface area contributed by atoms with Gasteiger partial charge in [-0.3, -0.25) is 0 Å². The Morgan fingerprint density at radius 2 is 1.94 bits per heavy atom. The lowest BCUT2D eigenvalue weighted by molar-refractivity contribution is 0.413. The normalized spacial score (nSPS) is 10.8. The summed E-state index contributed by atoms with van der Waals surface area (Å²) in [6.45, 7) is 4.26. The van der Waals surface area contributed by atoms with E-state index in [1.807, 2.05) is 24.3 Å². The van der Waals surface area contributed by atoms with Crippen LogP contribution in [0.2, 0.25) is 0 Å². The van der Waals surface area contributed by atoms with E-state index in [9.17, 15) is 0 Å². The third kappa shape index (κ3) is 2.84. The predicted molar refractivity (Wildman–Crippen MR) is 64.8 cm³/mol. The summed E-state index contributed by atoms with van der Waals surface area (Å²) in [5, 5.41) is 3.96. The Morgan fingerprint density at radius 3 is 2.53 bits per heavy atom. The molecule has 2 rings (SSSR count). The molecular formula is C13H16N2O2. The van der Waals surface area contributed by atoms with Gasteiger partial charge in [0.2, 0.25) is 0 Å². The lowest BCUT2D eigenvalue weighted by atomic mass is 10.1. The maximum atomic E-state index is 5.22. The number of nitrogens with zero attached hydrogens (tertiary/aromatic N) is 2. The third-order valence-corrected chi connectivity index (χ3v) is 2.40. The fraction of sp³-hybridized carbons (Fsp3) is 0.385. The molecule has 1 aromatic heterocycles. The van der Waals surface area contributed by atoms with Crippen molar-refractivity contribution in [1.29, 1.82) is 0 Å². The zero-order valence-corrected chi connectivity index (χ0v) is 10.3. The number of aromatic nitrogens is 2. The molecule has 0 aliphatic heterocycles. The molecule has 4 nitrogen and oxygen atoms in total. The van der Waals surface area contributed by atoms with Crippen LogP contribution in [0.5, 0.6) is 5.75 Å². The summed E-state index contributed by atoms with van der Waals surface area (Å²) in [6.07, 6.45) is 0.833. The summed E-state index contributed by atoms with van der Waals surface area (Å²) in [7, 11) is 1.64. The monoisotopic (exact) mass is 232 g/mol. The van der Waals surface area contributed by atoms with Crippen LogP contribution < -0.4 is 4.74 Å². The Bertz CT molecular complexity index is 474. The second-order valence-corrected chi connectivity index (χ2v) is 4.34. The van der Waals surface area contributed by atoms with Gasteiger partial charge in [-0.1, -0.05) is 19.0 Å². The van der Waals surface area contributed by atoms with Crippen LogP contribution in [0.25, 0.3) is 11.5 Å². The number of methoxy groups -OCH3 is 1. The molecule has 0 saturated heterocycles. The molecule has 17 heavy (non-hydrogen) atoms. The highest BCUT2D eigenvalue weighted by atomic mass is 16.5. The lowest BCUT2D eigenvalue weighted by Gasteiger charge is -1.99. The van der Waals surface area contributed by atoms with Crippen molar-refractivity contribution in [2.24, 2.45) is 5.92 Å². The standard InChI is InChI=1S/C13H16N2O2/c1-9(2)8-12-14-13(17-15-12)10-4-6-11(16-3)7-5-10/h4-7,9H,8H2,1-3H3. The van der Waals surface area contributed by atoms with Crippen molar-refractivity contribution in [3.8, 4) is 17.2 Å². The van der Waals surface area contributed by atoms with Gasteiger partial charge < -0.3 is 9.26 Å². The first-order valence-corrected chi connectivity index (χ1v) is 5.66. The van der Waals surface area contributed by atoms with Crippen molar-refractivity contribution < 1.29 is 9.26 Å². The molecule has 1 heterocycles. The van der Waals surface area contributed by atoms with Gasteiger partial charge in [0.1, 0.15) is 5.75 Å². The lowest BCUT2D eigenvalue weighted by Crippen LogP contribution is -1.95. The molecule has 0 N–H and O–H groups in total. The summed E-state index contributed by atoms with van der Waals surface area (Å²) in [5.74, 6) is 2.65. The van der Waals surface area contributed by atoms with Crippen LogP contribution in [0.4, 0.5) is 0 Å². The highest BCUT2D eigenvalue weighted by Crippen LogP contribution is 2.21. The van der Waals surface area contributed by atoms with Gasteiger partial charge in [-0.25, -0.2) is 0 Å². The van der Waals surface area contributed by atoms with Crippen LogP contribution in [0.3, 0.4) is 0 Å². The Balaban J connectivity index is 2.18. The van der Waals surface area contributed by atoms with Crippen molar-refractivity contribution >= 4 is 0 Å². The highest BCUT2D eigenvalue weighted by molar-refractivity contribution is 5.54. The first kappa shape index (κ1) is 11.6. The zero-order chi connectivity index (χ0) is 12.3. The van der Waals surface area contributed by atoms with Crippen LogP contribution in [-0.2, 0) is 6.42 Å². The molecule has 0 spiro atoms. The van der Waals surface area contributed by atoms with Gasteiger partial charge in [-0.05, 0) is 30.2 Å². The van der Waals surface area contributed by atoms with Crippen molar-refractivity contribution in [2.75, 3.05) is 7.11 Å². The number of hydrogen-bond donors (Lipinski definition) is 0. The van der Waals surface area contributed by atoms with Crippen molar-refractivity contribution in [1.82, 2.24) is 10.1 Å². The van der Waals surface area contributed by atoms with E-state index in [0.717, 1.165) is 23.6 Å². The Kier molecular flexibility index (Phi) is 3.42. The molecule has 0 amide bonds. The first-order chi connectivity index (χ1) is 8.19. The van der Waals surface area contributed by atoms with Crippen molar-refractivity contribution in [2.45, 2.75) is 20.3 Å². The van der Waals surface area contributed by atoms with Gasteiger partial charge in [-0.15, -0.1) is 0 Å². The van der Waals surface area contributed by atoms with E-state index in [4.69, 9.17) is 9.26 Å². The molecule has 0 unspecified atom stereocenters. The summed E-state index contributed by atoms with van der Waals surface area (Å²) >= 11 is 0. The van der Waals surface area contributed by atoms with Crippen molar-refractivity contribution in [3.05, 3.63) is 30.1 Å². The average molecular weight is 232 g/mol. The van der Waals surface area contributed by atoms with Gasteiger partial charge in [0.25, 0.3) is 5.89 Å². The molecule has 0 saturated carbocycles. The van der Waals surface area contributed by atoms with E-state index >= 15 is 0 Å². The molecular weight excluding hydrogens is 216 g/mol. The van der Waals surface area contributed by atoms with E-state index < -0.39 is 0 Å². The number of ether oxygens (including phenoxy) is 1. The van der Waals surface area contributed by atoms with E-state index in [1.54, 1.807) is 7.11 Å². The number of rotatable bonds is 4. The molecule has 0 fully saturated rings. The fourth-order valence-electron chi connectivity index (χ4n) is 1.55. The summed E-state index contributed by atoms with van der Waals surface area (Å²) < 4.78 is 10.3. The summed E-state index contributed by atoms with van der Waals surface area (Å²) in [4.78, 5) is 4.36. The molecule has 1 aromatic carbocycles.